The van der Waals surface area contributed by atoms with Crippen LogP contribution >= 0.6 is 23.2 Å². The fourth-order valence-electron chi connectivity index (χ4n) is 6.97. The first-order valence-corrected chi connectivity index (χ1v) is 23.0. The number of benzene rings is 6. The van der Waals surface area contributed by atoms with Crippen LogP contribution in [0.1, 0.15) is 83.1 Å². The van der Waals surface area contributed by atoms with E-state index in [1.807, 2.05) is 62.4 Å². The second kappa shape index (κ2) is 16.9. The van der Waals surface area contributed by atoms with Crippen molar-refractivity contribution in [2.75, 3.05) is 0 Å². The summed E-state index contributed by atoms with van der Waals surface area (Å²) < 4.78 is 66.0. The van der Waals surface area contributed by atoms with Crippen molar-refractivity contribution in [3.05, 3.63) is 173 Å². The van der Waals surface area contributed by atoms with Crippen LogP contribution in [-0.2, 0) is 35.6 Å². The summed E-state index contributed by atoms with van der Waals surface area (Å²) in [6.07, 6.45) is 2.08. The van der Waals surface area contributed by atoms with E-state index in [1.165, 1.54) is 12.1 Å². The molecule has 0 spiro atoms. The van der Waals surface area contributed by atoms with Crippen LogP contribution in [0.5, 0.6) is 17.2 Å². The molecule has 58 heavy (non-hydrogen) atoms. The molecule has 0 aliphatic carbocycles. The van der Waals surface area contributed by atoms with Gasteiger partial charge < -0.3 is 9.47 Å². The first-order chi connectivity index (χ1) is 27.4. The van der Waals surface area contributed by atoms with Crippen LogP contribution in [0.4, 0.5) is 0 Å². The SMILES string of the molecule is CCC(C)(Cl)c1ccc(S(=O)(=O)c2ccc(Oc3ccc(C(C)(C)c4ccc(OC(CC)(CC)c5ccc(S(=O)(=O)c6ccc(Cl)cc6)cc5)cc4)cc3)cc2)cc1. The van der Waals surface area contributed by atoms with E-state index in [0.717, 1.165) is 28.7 Å². The van der Waals surface area contributed by atoms with E-state index in [1.54, 1.807) is 72.8 Å². The molecule has 1 atom stereocenters. The Labute approximate surface area is 353 Å². The molecule has 0 N–H and O–H groups in total. The number of rotatable bonds is 15. The number of hydrogen-bond donors (Lipinski definition) is 0. The van der Waals surface area contributed by atoms with Crippen molar-refractivity contribution in [2.45, 2.75) is 96.3 Å². The molecule has 6 aromatic rings. The molecule has 0 radical (unpaired) electrons. The zero-order valence-corrected chi connectivity index (χ0v) is 36.6. The smallest absolute Gasteiger partial charge is 0.206 e. The molecule has 0 amide bonds. The fourth-order valence-corrected chi connectivity index (χ4v) is 9.74. The Kier molecular flexibility index (Phi) is 12.6. The molecule has 6 rings (SSSR count). The van der Waals surface area contributed by atoms with Gasteiger partial charge in [-0.3, -0.25) is 0 Å². The molecule has 6 aromatic carbocycles. The standard InChI is InChI=1S/C48H48Cl2O6S2/c1-7-47(6,50)36-14-26-42(27-15-36)58(53,54)45-32-24-40(25-33-45)55-39-20-10-34(11-21-39)46(4,5)35-12-22-41(23-13-35)56-48(8-2,9-3)37-16-28-43(29-17-37)57(51,52)44-30-18-38(49)19-31-44/h10-33H,7-9H2,1-6H3. The van der Waals surface area contributed by atoms with Gasteiger partial charge in [0.05, 0.1) is 24.5 Å². The number of hydrogen-bond acceptors (Lipinski definition) is 6. The van der Waals surface area contributed by atoms with Gasteiger partial charge in [-0.2, -0.15) is 0 Å². The number of alkyl halides is 1. The second-order valence-electron chi connectivity index (χ2n) is 15.1. The van der Waals surface area contributed by atoms with E-state index >= 15 is 0 Å². The van der Waals surface area contributed by atoms with Crippen molar-refractivity contribution >= 4 is 42.9 Å². The molecule has 302 valence electrons. The van der Waals surface area contributed by atoms with Gasteiger partial charge in [-0.15, -0.1) is 11.6 Å². The Morgan fingerprint density at radius 2 is 0.776 bits per heavy atom. The third-order valence-corrected chi connectivity index (χ3v) is 15.5. The average molecular weight is 856 g/mol. The fraction of sp³-hybridized carbons (Fsp3) is 0.250. The third-order valence-electron chi connectivity index (χ3n) is 11.2. The highest BCUT2D eigenvalue weighted by molar-refractivity contribution is 7.91. The maximum absolute atomic E-state index is 13.3. The van der Waals surface area contributed by atoms with Crippen molar-refractivity contribution < 1.29 is 26.3 Å². The van der Waals surface area contributed by atoms with Crippen LogP contribution in [0.25, 0.3) is 0 Å². The van der Waals surface area contributed by atoms with E-state index in [2.05, 4.69) is 39.8 Å². The summed E-state index contributed by atoms with van der Waals surface area (Å²) in [4.78, 5) is 0.228. The topological polar surface area (TPSA) is 86.7 Å². The summed E-state index contributed by atoms with van der Waals surface area (Å²) in [6.45, 7) is 12.4. The van der Waals surface area contributed by atoms with Crippen molar-refractivity contribution in [1.29, 1.82) is 0 Å². The van der Waals surface area contributed by atoms with Crippen molar-refractivity contribution in [1.82, 2.24) is 0 Å². The highest BCUT2D eigenvalue weighted by Crippen LogP contribution is 2.39. The molecule has 0 saturated carbocycles. The van der Waals surface area contributed by atoms with E-state index < -0.39 is 30.1 Å². The van der Waals surface area contributed by atoms with Gasteiger partial charge >= 0.3 is 0 Å². The lowest BCUT2D eigenvalue weighted by Crippen LogP contribution is -2.31. The van der Waals surface area contributed by atoms with Gasteiger partial charge in [-0.05, 0) is 146 Å². The van der Waals surface area contributed by atoms with Crippen LogP contribution in [-0.4, -0.2) is 16.8 Å². The monoisotopic (exact) mass is 854 g/mol. The van der Waals surface area contributed by atoms with Gasteiger partial charge in [0.15, 0.2) is 0 Å². The lowest BCUT2D eigenvalue weighted by Gasteiger charge is -2.34. The van der Waals surface area contributed by atoms with Gasteiger partial charge in [0, 0.05) is 10.4 Å². The predicted octanol–water partition coefficient (Wildman–Crippen LogP) is 13.1. The minimum absolute atomic E-state index is 0.179. The van der Waals surface area contributed by atoms with Crippen LogP contribution in [0, 0.1) is 0 Å². The maximum atomic E-state index is 13.3. The highest BCUT2D eigenvalue weighted by atomic mass is 35.5. The predicted molar refractivity (Wildman–Crippen MR) is 233 cm³/mol. The van der Waals surface area contributed by atoms with Crippen molar-refractivity contribution in [3.63, 3.8) is 0 Å². The number of ether oxygens (including phenoxy) is 2. The lowest BCUT2D eigenvalue weighted by molar-refractivity contribution is 0.0572. The van der Waals surface area contributed by atoms with E-state index in [4.69, 9.17) is 32.7 Å². The van der Waals surface area contributed by atoms with Crippen molar-refractivity contribution in [2.24, 2.45) is 0 Å². The minimum atomic E-state index is -3.72. The Hall–Kier alpha value is -4.60. The summed E-state index contributed by atoms with van der Waals surface area (Å²) >= 11 is 12.5. The Morgan fingerprint density at radius 1 is 0.448 bits per heavy atom. The molecular weight excluding hydrogens is 808 g/mol. The normalized spacial score (nSPS) is 13.4. The van der Waals surface area contributed by atoms with E-state index in [-0.39, 0.29) is 25.0 Å². The molecule has 10 heteroatoms. The zero-order chi connectivity index (χ0) is 41.9. The molecular formula is C48H48Cl2O6S2. The van der Waals surface area contributed by atoms with E-state index in [9.17, 15) is 16.8 Å². The van der Waals surface area contributed by atoms with Gasteiger partial charge in [-0.25, -0.2) is 16.8 Å². The molecule has 0 saturated heterocycles. The summed E-state index contributed by atoms with van der Waals surface area (Å²) in [5, 5.41) is 0.476. The Balaban J connectivity index is 1.11. The quantitative estimate of drug-likeness (QED) is 0.0956. The van der Waals surface area contributed by atoms with Crippen LogP contribution < -0.4 is 9.47 Å². The zero-order valence-electron chi connectivity index (χ0n) is 33.5. The van der Waals surface area contributed by atoms with Gasteiger partial charge in [0.25, 0.3) is 0 Å². The molecule has 1 unspecified atom stereocenters. The lowest BCUT2D eigenvalue weighted by atomic mass is 9.78. The largest absolute Gasteiger partial charge is 0.483 e. The second-order valence-corrected chi connectivity index (χ2v) is 20.3. The van der Waals surface area contributed by atoms with Crippen LogP contribution in [0.3, 0.4) is 0 Å². The van der Waals surface area contributed by atoms with Gasteiger partial charge in [0.2, 0.25) is 19.7 Å². The van der Waals surface area contributed by atoms with E-state index in [0.29, 0.717) is 35.1 Å². The molecule has 0 aliphatic heterocycles. The molecule has 0 bridgehead atoms. The Morgan fingerprint density at radius 3 is 1.17 bits per heavy atom. The first-order valence-electron chi connectivity index (χ1n) is 19.3. The van der Waals surface area contributed by atoms with Gasteiger partial charge in [0.1, 0.15) is 22.8 Å². The number of halogens is 2. The van der Waals surface area contributed by atoms with Gasteiger partial charge in [-0.1, -0.05) is 94.8 Å². The summed E-state index contributed by atoms with van der Waals surface area (Å²) in [7, 11) is -7.41. The maximum Gasteiger partial charge on any atom is 0.206 e. The molecule has 0 aromatic heterocycles. The molecule has 0 aliphatic rings. The van der Waals surface area contributed by atoms with Crippen LogP contribution in [0.2, 0.25) is 5.02 Å². The molecule has 0 heterocycles. The third kappa shape index (κ3) is 8.86. The summed E-state index contributed by atoms with van der Waals surface area (Å²) in [5.74, 6) is 1.86. The number of sulfone groups is 2. The average Bonchev–Trinajstić information content (AvgIpc) is 3.23. The van der Waals surface area contributed by atoms with Crippen LogP contribution in [0.15, 0.2) is 165 Å². The van der Waals surface area contributed by atoms with Crippen molar-refractivity contribution in [3.8, 4) is 17.2 Å². The first kappa shape index (κ1) is 43.0. The Bertz CT molecular complexity index is 2550. The summed E-state index contributed by atoms with van der Waals surface area (Å²) in [6, 6.07) is 42.3. The minimum Gasteiger partial charge on any atom is -0.483 e. The molecule has 0 fully saturated rings. The molecule has 6 nitrogen and oxygen atoms in total. The summed E-state index contributed by atoms with van der Waals surface area (Å²) in [5.41, 5.74) is 2.95. The highest BCUT2D eigenvalue weighted by Gasteiger charge is 2.32.